The van der Waals surface area contributed by atoms with Gasteiger partial charge in [0.05, 0.1) is 55.1 Å². The Morgan fingerprint density at radius 3 is 2.71 bits per heavy atom. The first-order valence-electron chi connectivity index (χ1n) is 11.4. The van der Waals surface area contributed by atoms with E-state index in [1.54, 1.807) is 0 Å². The van der Waals surface area contributed by atoms with Gasteiger partial charge in [0, 0.05) is 37.1 Å². The fourth-order valence-electron chi connectivity index (χ4n) is 4.60. The standard InChI is InChI=1S/C24H24F3N5O3/c25-17-2-1-3-18(26)16(17)11-32-21-4-6-31(24(34)15(21)9-29-32)22-8-23(28-10-19(22)27)30-20(12-33)14-5-7-35-13-14/h1-3,8-10,14,20,33H,4-7,11-13H2,(H,28,30)/t14?,20-/m1/s1. The number of rotatable bonds is 7. The van der Waals surface area contributed by atoms with E-state index < -0.39 is 23.4 Å². The average Bonchev–Trinajstić information content (AvgIpc) is 3.52. The molecule has 0 spiro atoms. The molecule has 1 fully saturated rings. The second kappa shape index (κ2) is 9.67. The van der Waals surface area contributed by atoms with Gasteiger partial charge < -0.3 is 20.1 Å². The summed E-state index contributed by atoms with van der Waals surface area (Å²) in [7, 11) is 0. The first kappa shape index (κ1) is 23.3. The highest BCUT2D eigenvalue weighted by Gasteiger charge is 2.32. The number of nitrogens with zero attached hydrogens (tertiary/aromatic N) is 4. The number of amides is 1. The molecule has 0 radical (unpaired) electrons. The third-order valence-electron chi connectivity index (χ3n) is 6.56. The largest absolute Gasteiger partial charge is 0.394 e. The Morgan fingerprint density at radius 2 is 2.00 bits per heavy atom. The number of aliphatic hydroxyl groups excluding tert-OH is 1. The Labute approximate surface area is 199 Å². The predicted octanol–water partition coefficient (Wildman–Crippen LogP) is 2.76. The van der Waals surface area contributed by atoms with Crippen molar-refractivity contribution in [1.29, 1.82) is 0 Å². The number of aliphatic hydroxyl groups is 1. The number of carbonyl (C=O) groups excluding carboxylic acids is 1. The normalized spacial score (nSPS) is 18.6. The Bertz CT molecular complexity index is 1220. The molecule has 1 saturated heterocycles. The number of anilines is 2. The van der Waals surface area contributed by atoms with Crippen molar-refractivity contribution in [3.05, 3.63) is 70.9 Å². The number of carbonyl (C=O) groups is 1. The lowest BCUT2D eigenvalue weighted by molar-refractivity contribution is 0.0979. The van der Waals surface area contributed by atoms with Crippen LogP contribution in [0.25, 0.3) is 0 Å². The number of pyridine rings is 1. The van der Waals surface area contributed by atoms with E-state index in [2.05, 4.69) is 15.4 Å². The van der Waals surface area contributed by atoms with Gasteiger partial charge in [-0.2, -0.15) is 5.10 Å². The monoisotopic (exact) mass is 487 g/mol. The van der Waals surface area contributed by atoms with Crippen LogP contribution in [0.4, 0.5) is 24.7 Å². The zero-order chi connectivity index (χ0) is 24.5. The molecule has 3 aromatic rings. The lowest BCUT2D eigenvalue weighted by Gasteiger charge is -2.28. The number of hydrogen-bond donors (Lipinski definition) is 2. The number of aromatic nitrogens is 3. The first-order chi connectivity index (χ1) is 17.0. The molecule has 2 aliphatic heterocycles. The summed E-state index contributed by atoms with van der Waals surface area (Å²) in [6.07, 6.45) is 3.48. The molecule has 11 heteroatoms. The van der Waals surface area contributed by atoms with Crippen LogP contribution in [0, 0.1) is 23.4 Å². The summed E-state index contributed by atoms with van der Waals surface area (Å²) in [5.74, 6) is -2.09. The van der Waals surface area contributed by atoms with Crippen molar-refractivity contribution < 1.29 is 27.8 Å². The van der Waals surface area contributed by atoms with Gasteiger partial charge in [-0.3, -0.25) is 9.48 Å². The predicted molar refractivity (Wildman–Crippen MR) is 121 cm³/mol. The van der Waals surface area contributed by atoms with Gasteiger partial charge in [0.2, 0.25) is 0 Å². The van der Waals surface area contributed by atoms with Crippen LogP contribution in [-0.4, -0.2) is 58.2 Å². The van der Waals surface area contributed by atoms with Crippen LogP contribution >= 0.6 is 0 Å². The van der Waals surface area contributed by atoms with Crippen molar-refractivity contribution in [2.45, 2.75) is 25.4 Å². The zero-order valence-corrected chi connectivity index (χ0v) is 18.8. The number of ether oxygens (including phenoxy) is 1. The highest BCUT2D eigenvalue weighted by Crippen LogP contribution is 2.29. The Morgan fingerprint density at radius 1 is 1.20 bits per heavy atom. The van der Waals surface area contributed by atoms with Gasteiger partial charge in [0.15, 0.2) is 5.82 Å². The maximum atomic E-state index is 14.7. The molecule has 2 N–H and O–H groups in total. The fourth-order valence-corrected chi connectivity index (χ4v) is 4.60. The van der Waals surface area contributed by atoms with Crippen LogP contribution in [0.3, 0.4) is 0 Å². The van der Waals surface area contributed by atoms with E-state index in [-0.39, 0.29) is 48.5 Å². The van der Waals surface area contributed by atoms with Gasteiger partial charge in [-0.15, -0.1) is 0 Å². The van der Waals surface area contributed by atoms with Crippen molar-refractivity contribution >= 4 is 17.4 Å². The van der Waals surface area contributed by atoms with E-state index in [4.69, 9.17) is 4.74 Å². The SMILES string of the molecule is O=C1c2cnn(Cc3c(F)cccc3F)c2CCN1c1cc(N[C@H](CO)C2CCOC2)ncc1F. The van der Waals surface area contributed by atoms with Gasteiger partial charge in [-0.1, -0.05) is 6.07 Å². The van der Waals surface area contributed by atoms with Crippen LogP contribution in [0.2, 0.25) is 0 Å². The first-order valence-corrected chi connectivity index (χ1v) is 11.4. The Kier molecular flexibility index (Phi) is 6.44. The van der Waals surface area contributed by atoms with Crippen molar-refractivity contribution in [3.63, 3.8) is 0 Å². The summed E-state index contributed by atoms with van der Waals surface area (Å²) in [4.78, 5) is 18.6. The third-order valence-corrected chi connectivity index (χ3v) is 6.56. The minimum Gasteiger partial charge on any atom is -0.394 e. The topological polar surface area (TPSA) is 92.5 Å². The van der Waals surface area contributed by atoms with E-state index in [1.807, 2.05) is 0 Å². The highest BCUT2D eigenvalue weighted by molar-refractivity contribution is 6.08. The van der Waals surface area contributed by atoms with Gasteiger partial charge in [0.25, 0.3) is 5.91 Å². The number of fused-ring (bicyclic) bond motifs is 1. The second-order valence-corrected chi connectivity index (χ2v) is 8.65. The average molecular weight is 487 g/mol. The molecule has 0 aliphatic carbocycles. The molecule has 184 valence electrons. The number of hydrogen-bond acceptors (Lipinski definition) is 6. The minimum atomic E-state index is -0.692. The summed E-state index contributed by atoms with van der Waals surface area (Å²) >= 11 is 0. The quantitative estimate of drug-likeness (QED) is 0.533. The van der Waals surface area contributed by atoms with E-state index >= 15 is 0 Å². The minimum absolute atomic E-state index is 0.0467. The highest BCUT2D eigenvalue weighted by atomic mass is 19.1. The molecule has 0 saturated carbocycles. The summed E-state index contributed by atoms with van der Waals surface area (Å²) in [5.41, 5.74) is 0.680. The molecule has 0 bridgehead atoms. The molecule has 1 unspecified atom stereocenters. The van der Waals surface area contributed by atoms with Crippen molar-refractivity contribution in [3.8, 4) is 0 Å². The van der Waals surface area contributed by atoms with Crippen LogP contribution in [0.15, 0.2) is 36.7 Å². The lowest BCUT2D eigenvalue weighted by atomic mass is 10.00. The van der Waals surface area contributed by atoms with Gasteiger partial charge in [-0.25, -0.2) is 18.2 Å². The summed E-state index contributed by atoms with van der Waals surface area (Å²) in [6.45, 7) is 0.979. The van der Waals surface area contributed by atoms with Crippen LogP contribution in [-0.2, 0) is 17.7 Å². The van der Waals surface area contributed by atoms with Crippen LogP contribution in [0.5, 0.6) is 0 Å². The van der Waals surface area contributed by atoms with Gasteiger partial charge in [0.1, 0.15) is 17.5 Å². The summed E-state index contributed by atoms with van der Waals surface area (Å²) in [6, 6.07) is 4.74. The number of benzene rings is 1. The Hall–Kier alpha value is -3.44. The van der Waals surface area contributed by atoms with E-state index in [0.717, 1.165) is 12.6 Å². The maximum absolute atomic E-state index is 14.7. The van der Waals surface area contributed by atoms with E-state index in [1.165, 1.54) is 40.0 Å². The second-order valence-electron chi connectivity index (χ2n) is 8.65. The fraction of sp³-hybridized carbons (Fsp3) is 0.375. The molecule has 5 rings (SSSR count). The molecule has 4 heterocycles. The summed E-state index contributed by atoms with van der Waals surface area (Å²) < 4.78 is 49.7. The van der Waals surface area contributed by atoms with E-state index in [9.17, 15) is 23.1 Å². The molecular formula is C24H24F3N5O3. The van der Waals surface area contributed by atoms with Crippen molar-refractivity contribution in [2.75, 3.05) is 36.6 Å². The molecule has 35 heavy (non-hydrogen) atoms. The smallest absolute Gasteiger partial charge is 0.261 e. The molecule has 2 atom stereocenters. The lowest BCUT2D eigenvalue weighted by Crippen LogP contribution is -2.39. The van der Waals surface area contributed by atoms with Gasteiger partial charge >= 0.3 is 0 Å². The summed E-state index contributed by atoms with van der Waals surface area (Å²) in [5, 5.41) is 17.1. The number of halogens is 3. The molecule has 8 nitrogen and oxygen atoms in total. The molecule has 2 aromatic heterocycles. The molecular weight excluding hydrogens is 463 g/mol. The molecule has 2 aliphatic rings. The molecule has 1 amide bonds. The van der Waals surface area contributed by atoms with Crippen molar-refractivity contribution in [1.82, 2.24) is 14.8 Å². The van der Waals surface area contributed by atoms with Crippen LogP contribution < -0.4 is 10.2 Å². The van der Waals surface area contributed by atoms with Crippen LogP contribution in [0.1, 0.15) is 28.0 Å². The van der Waals surface area contributed by atoms with E-state index in [0.29, 0.717) is 31.1 Å². The van der Waals surface area contributed by atoms with Crippen molar-refractivity contribution in [2.24, 2.45) is 5.92 Å². The number of nitrogens with one attached hydrogen (secondary N) is 1. The third kappa shape index (κ3) is 4.48. The van der Waals surface area contributed by atoms with Gasteiger partial charge in [-0.05, 0) is 18.6 Å². The zero-order valence-electron chi connectivity index (χ0n) is 18.8. The molecule has 1 aromatic carbocycles. The Balaban J connectivity index is 1.38. The maximum Gasteiger partial charge on any atom is 0.261 e.